The highest BCUT2D eigenvalue weighted by atomic mass is 32.2. The molecule has 27 heavy (non-hydrogen) atoms. The first-order valence-corrected chi connectivity index (χ1v) is 9.06. The molecule has 1 fully saturated rings. The maximum atomic E-state index is 12.9. The molecule has 1 heterocycles. The number of nitrogen functional groups attached to an aromatic ring is 1. The molecule has 3 rings (SSSR count). The van der Waals surface area contributed by atoms with E-state index >= 15 is 0 Å². The molecule has 0 spiro atoms. The van der Waals surface area contributed by atoms with Gasteiger partial charge in [-0.2, -0.15) is 0 Å². The molecular formula is C19H20N2O5S. The number of benzene rings is 2. The Labute approximate surface area is 161 Å². The summed E-state index contributed by atoms with van der Waals surface area (Å²) in [7, 11) is 4.44. The highest BCUT2D eigenvalue weighted by molar-refractivity contribution is 8.00. The van der Waals surface area contributed by atoms with E-state index in [1.165, 1.54) is 33.1 Å². The zero-order valence-corrected chi connectivity index (χ0v) is 16.0. The zero-order chi connectivity index (χ0) is 19.6. The standard InChI is InChI=1S/C19H20N2O5S/c1-24-13-8-11(9-14(25-2)18(13)26-3)21-17(22)10-16(19(21)23)27-15-7-5-4-6-12(15)20/h4-9,16H,10,20H2,1-3H3. The van der Waals surface area contributed by atoms with E-state index in [4.69, 9.17) is 19.9 Å². The predicted molar refractivity (Wildman–Crippen MR) is 104 cm³/mol. The fourth-order valence-corrected chi connectivity index (χ4v) is 4.00. The third-order valence-electron chi connectivity index (χ3n) is 4.20. The molecule has 8 heteroatoms. The van der Waals surface area contributed by atoms with E-state index in [1.54, 1.807) is 18.2 Å². The summed E-state index contributed by atoms with van der Waals surface area (Å²) in [5.41, 5.74) is 6.91. The van der Waals surface area contributed by atoms with Crippen LogP contribution in [0.4, 0.5) is 11.4 Å². The summed E-state index contributed by atoms with van der Waals surface area (Å²) in [6.07, 6.45) is 0.0918. The maximum Gasteiger partial charge on any atom is 0.247 e. The van der Waals surface area contributed by atoms with Crippen molar-refractivity contribution in [2.75, 3.05) is 32.0 Å². The van der Waals surface area contributed by atoms with Crippen LogP contribution in [0.3, 0.4) is 0 Å². The highest BCUT2D eigenvalue weighted by Gasteiger charge is 2.41. The highest BCUT2D eigenvalue weighted by Crippen LogP contribution is 2.43. The van der Waals surface area contributed by atoms with E-state index in [1.807, 2.05) is 18.2 Å². The third-order valence-corrected chi connectivity index (χ3v) is 5.48. The van der Waals surface area contributed by atoms with Gasteiger partial charge in [0.15, 0.2) is 11.5 Å². The van der Waals surface area contributed by atoms with Gasteiger partial charge >= 0.3 is 0 Å². The number of nitrogens with zero attached hydrogens (tertiary/aromatic N) is 1. The van der Waals surface area contributed by atoms with Crippen LogP contribution >= 0.6 is 11.8 Å². The third kappa shape index (κ3) is 3.52. The minimum atomic E-state index is -0.540. The van der Waals surface area contributed by atoms with Crippen LogP contribution in [0, 0.1) is 0 Å². The second kappa shape index (κ2) is 7.79. The second-order valence-electron chi connectivity index (χ2n) is 5.80. The number of rotatable bonds is 6. The average Bonchev–Trinajstić information content (AvgIpc) is 2.95. The molecule has 0 saturated carbocycles. The molecular weight excluding hydrogens is 368 g/mol. The molecule has 0 radical (unpaired) electrons. The van der Waals surface area contributed by atoms with Gasteiger partial charge in [0, 0.05) is 29.1 Å². The summed E-state index contributed by atoms with van der Waals surface area (Å²) in [6.45, 7) is 0. The van der Waals surface area contributed by atoms with Crippen LogP contribution in [0.25, 0.3) is 0 Å². The van der Waals surface area contributed by atoms with Crippen molar-refractivity contribution in [3.63, 3.8) is 0 Å². The van der Waals surface area contributed by atoms with Crippen LogP contribution in [0.5, 0.6) is 17.2 Å². The van der Waals surface area contributed by atoms with E-state index in [0.29, 0.717) is 28.6 Å². The van der Waals surface area contributed by atoms with Gasteiger partial charge in [0.1, 0.15) is 0 Å². The summed E-state index contributed by atoms with van der Waals surface area (Å²) in [6, 6.07) is 10.4. The van der Waals surface area contributed by atoms with E-state index < -0.39 is 5.25 Å². The van der Waals surface area contributed by atoms with Crippen molar-refractivity contribution in [3.8, 4) is 17.2 Å². The van der Waals surface area contributed by atoms with Gasteiger partial charge in [0.05, 0.1) is 32.3 Å². The lowest BCUT2D eigenvalue weighted by Crippen LogP contribution is -2.31. The molecule has 1 saturated heterocycles. The van der Waals surface area contributed by atoms with Gasteiger partial charge < -0.3 is 19.9 Å². The average molecular weight is 388 g/mol. The van der Waals surface area contributed by atoms with Crippen molar-refractivity contribution in [2.24, 2.45) is 0 Å². The maximum absolute atomic E-state index is 12.9. The zero-order valence-electron chi connectivity index (χ0n) is 15.2. The van der Waals surface area contributed by atoms with Crippen molar-refractivity contribution in [1.82, 2.24) is 0 Å². The lowest BCUT2D eigenvalue weighted by atomic mass is 10.2. The number of hydrogen-bond acceptors (Lipinski definition) is 7. The summed E-state index contributed by atoms with van der Waals surface area (Å²) in [5, 5.41) is -0.540. The van der Waals surface area contributed by atoms with Crippen LogP contribution in [-0.2, 0) is 9.59 Å². The lowest BCUT2D eigenvalue weighted by molar-refractivity contribution is -0.121. The number of thioether (sulfide) groups is 1. The van der Waals surface area contributed by atoms with Crippen molar-refractivity contribution < 1.29 is 23.8 Å². The number of imide groups is 1. The number of anilines is 2. The number of amides is 2. The van der Waals surface area contributed by atoms with Gasteiger partial charge in [-0.15, -0.1) is 11.8 Å². The second-order valence-corrected chi connectivity index (χ2v) is 7.04. The molecule has 1 unspecified atom stereocenters. The topological polar surface area (TPSA) is 91.1 Å². The van der Waals surface area contributed by atoms with E-state index in [2.05, 4.69) is 0 Å². The Kier molecular flexibility index (Phi) is 5.46. The van der Waals surface area contributed by atoms with Gasteiger partial charge in [0.25, 0.3) is 0 Å². The predicted octanol–water partition coefficient (Wildman–Crippen LogP) is 2.72. The molecule has 1 aliphatic rings. The molecule has 1 atom stereocenters. The Morgan fingerprint density at radius 1 is 1.04 bits per heavy atom. The first-order chi connectivity index (χ1) is 13.0. The SMILES string of the molecule is COc1cc(N2C(=O)CC(Sc3ccccc3N)C2=O)cc(OC)c1OC. The summed E-state index contributed by atoms with van der Waals surface area (Å²) < 4.78 is 15.9. The van der Waals surface area contributed by atoms with Crippen LogP contribution < -0.4 is 24.8 Å². The van der Waals surface area contributed by atoms with Crippen LogP contribution in [0.2, 0.25) is 0 Å². The van der Waals surface area contributed by atoms with E-state index in [0.717, 1.165) is 9.80 Å². The lowest BCUT2D eigenvalue weighted by Gasteiger charge is -2.19. The molecule has 0 aliphatic carbocycles. The van der Waals surface area contributed by atoms with E-state index in [-0.39, 0.29) is 18.2 Å². The van der Waals surface area contributed by atoms with Gasteiger partial charge in [0.2, 0.25) is 17.6 Å². The molecule has 142 valence electrons. The first kappa shape index (κ1) is 18.9. The minimum Gasteiger partial charge on any atom is -0.493 e. The van der Waals surface area contributed by atoms with Crippen LogP contribution in [0.1, 0.15) is 6.42 Å². The first-order valence-electron chi connectivity index (χ1n) is 8.18. The summed E-state index contributed by atoms with van der Waals surface area (Å²) in [5.74, 6) is 0.543. The van der Waals surface area contributed by atoms with Crippen molar-refractivity contribution in [3.05, 3.63) is 36.4 Å². The molecule has 2 aromatic rings. The Balaban J connectivity index is 1.92. The van der Waals surface area contributed by atoms with Crippen molar-refractivity contribution in [2.45, 2.75) is 16.6 Å². The fraction of sp³-hybridized carbons (Fsp3) is 0.263. The summed E-state index contributed by atoms with van der Waals surface area (Å²) >= 11 is 1.29. The van der Waals surface area contributed by atoms with Gasteiger partial charge in [-0.05, 0) is 12.1 Å². The molecule has 7 nitrogen and oxygen atoms in total. The molecule has 2 aromatic carbocycles. The number of nitrogens with two attached hydrogens (primary N) is 1. The number of ether oxygens (including phenoxy) is 3. The Morgan fingerprint density at radius 2 is 1.67 bits per heavy atom. The molecule has 0 bridgehead atoms. The number of hydrogen-bond donors (Lipinski definition) is 1. The van der Waals surface area contributed by atoms with Crippen molar-refractivity contribution >= 4 is 35.0 Å². The van der Waals surface area contributed by atoms with Crippen LogP contribution in [0.15, 0.2) is 41.3 Å². The van der Waals surface area contributed by atoms with E-state index in [9.17, 15) is 9.59 Å². The van der Waals surface area contributed by atoms with Crippen LogP contribution in [-0.4, -0.2) is 38.4 Å². The number of carbonyl (C=O) groups excluding carboxylic acids is 2. The van der Waals surface area contributed by atoms with Gasteiger partial charge in [-0.3, -0.25) is 9.59 Å². The number of para-hydroxylation sites is 1. The Bertz CT molecular complexity index is 861. The molecule has 0 aromatic heterocycles. The fourth-order valence-electron chi connectivity index (χ4n) is 2.90. The largest absolute Gasteiger partial charge is 0.493 e. The Morgan fingerprint density at radius 3 is 2.22 bits per heavy atom. The smallest absolute Gasteiger partial charge is 0.247 e. The van der Waals surface area contributed by atoms with Gasteiger partial charge in [-0.1, -0.05) is 12.1 Å². The summed E-state index contributed by atoms with van der Waals surface area (Å²) in [4.78, 5) is 27.4. The number of carbonyl (C=O) groups is 2. The minimum absolute atomic E-state index is 0.0918. The quantitative estimate of drug-likeness (QED) is 0.601. The Hall–Kier alpha value is -2.87. The molecule has 2 amide bonds. The number of methoxy groups -OCH3 is 3. The van der Waals surface area contributed by atoms with Gasteiger partial charge in [-0.25, -0.2) is 4.90 Å². The van der Waals surface area contributed by atoms with Crippen molar-refractivity contribution in [1.29, 1.82) is 0 Å². The normalized spacial score (nSPS) is 16.6. The molecule has 1 aliphatic heterocycles. The monoisotopic (exact) mass is 388 g/mol. The molecule has 2 N–H and O–H groups in total.